The number of nitrogens with zero attached hydrogens (tertiary/aromatic N) is 3. The van der Waals surface area contributed by atoms with E-state index in [1.165, 1.54) is 23.1 Å². The summed E-state index contributed by atoms with van der Waals surface area (Å²) in [6.07, 6.45) is 2.12. The van der Waals surface area contributed by atoms with Crippen LogP contribution in [0, 0.1) is 0 Å². The summed E-state index contributed by atoms with van der Waals surface area (Å²) >= 11 is 2.71. The standard InChI is InChI=1S/C16H22N4O4S3/c1-3-20(12-6-8-27(22,23)10-12)14(21)11(2)25-16-19-18-15(26-16)17-9-13-5-4-7-24-13/h4-5,7,11-12H,3,6,8-10H2,1-2H3,(H,17,18)/t11-,12-/m0/s1. The lowest BCUT2D eigenvalue weighted by molar-refractivity contribution is -0.131. The van der Waals surface area contributed by atoms with E-state index in [0.717, 1.165) is 5.76 Å². The first-order chi connectivity index (χ1) is 12.9. The Morgan fingerprint density at radius 3 is 2.96 bits per heavy atom. The number of hydrogen-bond acceptors (Lipinski definition) is 9. The number of sulfone groups is 1. The smallest absolute Gasteiger partial charge is 0.236 e. The topological polar surface area (TPSA) is 105 Å². The molecule has 0 unspecified atom stereocenters. The zero-order valence-electron chi connectivity index (χ0n) is 15.1. The summed E-state index contributed by atoms with van der Waals surface area (Å²) in [5, 5.41) is 11.6. The number of nitrogens with one attached hydrogen (secondary N) is 1. The first kappa shape index (κ1) is 20.2. The molecule has 2 aromatic heterocycles. The minimum atomic E-state index is -3.03. The van der Waals surface area contributed by atoms with Crippen LogP contribution in [0.15, 0.2) is 27.2 Å². The van der Waals surface area contributed by atoms with Crippen molar-refractivity contribution in [3.8, 4) is 0 Å². The third-order valence-electron chi connectivity index (χ3n) is 4.30. The van der Waals surface area contributed by atoms with E-state index >= 15 is 0 Å². The molecule has 0 bridgehead atoms. The summed E-state index contributed by atoms with van der Waals surface area (Å²) in [4.78, 5) is 14.5. The SMILES string of the molecule is CCN(C(=O)[C@H](C)Sc1nnc(NCc2ccco2)s1)[C@H]1CCS(=O)(=O)C1. The monoisotopic (exact) mass is 430 g/mol. The molecule has 11 heteroatoms. The van der Waals surface area contributed by atoms with Crippen molar-refractivity contribution in [1.29, 1.82) is 0 Å². The molecule has 1 saturated heterocycles. The second kappa shape index (κ2) is 8.61. The van der Waals surface area contributed by atoms with Gasteiger partial charge in [0.2, 0.25) is 11.0 Å². The zero-order valence-corrected chi connectivity index (χ0v) is 17.6. The first-order valence-corrected chi connectivity index (χ1v) is 12.2. The van der Waals surface area contributed by atoms with Crippen molar-refractivity contribution in [3.63, 3.8) is 0 Å². The molecule has 1 amide bonds. The lowest BCUT2D eigenvalue weighted by Crippen LogP contribution is -2.44. The average molecular weight is 431 g/mol. The minimum absolute atomic E-state index is 0.0591. The molecule has 1 aliphatic heterocycles. The highest BCUT2D eigenvalue weighted by atomic mass is 32.2. The number of amides is 1. The number of hydrogen-bond donors (Lipinski definition) is 1. The highest BCUT2D eigenvalue weighted by Gasteiger charge is 2.35. The summed E-state index contributed by atoms with van der Waals surface area (Å²) in [6, 6.07) is 3.46. The predicted molar refractivity (Wildman–Crippen MR) is 106 cm³/mol. The minimum Gasteiger partial charge on any atom is -0.467 e. The van der Waals surface area contributed by atoms with E-state index in [2.05, 4.69) is 15.5 Å². The molecular weight excluding hydrogens is 408 g/mol. The van der Waals surface area contributed by atoms with Gasteiger partial charge >= 0.3 is 0 Å². The van der Waals surface area contributed by atoms with Gasteiger partial charge in [-0.3, -0.25) is 4.79 Å². The van der Waals surface area contributed by atoms with Crippen molar-refractivity contribution >= 4 is 44.0 Å². The van der Waals surface area contributed by atoms with E-state index in [9.17, 15) is 13.2 Å². The van der Waals surface area contributed by atoms with Crippen LogP contribution in [-0.4, -0.2) is 58.8 Å². The van der Waals surface area contributed by atoms with Gasteiger partial charge in [-0.15, -0.1) is 10.2 Å². The van der Waals surface area contributed by atoms with Crippen LogP contribution in [0.4, 0.5) is 5.13 Å². The third-order valence-corrected chi connectivity index (χ3v) is 8.10. The molecule has 0 aromatic carbocycles. The fourth-order valence-corrected chi connectivity index (χ4v) is 6.65. The summed E-state index contributed by atoms with van der Waals surface area (Å²) in [5.74, 6) is 0.950. The van der Waals surface area contributed by atoms with Crippen molar-refractivity contribution in [2.24, 2.45) is 0 Å². The van der Waals surface area contributed by atoms with Crippen LogP contribution in [0.1, 0.15) is 26.0 Å². The molecule has 2 atom stereocenters. The number of carbonyl (C=O) groups excluding carboxylic acids is 1. The predicted octanol–water partition coefficient (Wildman–Crippen LogP) is 2.26. The van der Waals surface area contributed by atoms with Crippen molar-refractivity contribution in [1.82, 2.24) is 15.1 Å². The number of furan rings is 1. The second-order valence-corrected chi connectivity index (χ2v) is 11.0. The number of rotatable bonds is 8. The third kappa shape index (κ3) is 5.23. The normalized spacial score (nSPS) is 19.7. The molecule has 1 fully saturated rings. The van der Waals surface area contributed by atoms with Crippen molar-refractivity contribution in [2.45, 2.75) is 42.4 Å². The zero-order chi connectivity index (χ0) is 19.4. The van der Waals surface area contributed by atoms with Crippen LogP contribution >= 0.6 is 23.1 Å². The molecule has 1 aliphatic rings. The van der Waals surface area contributed by atoms with Crippen molar-refractivity contribution in [3.05, 3.63) is 24.2 Å². The first-order valence-electron chi connectivity index (χ1n) is 8.65. The van der Waals surface area contributed by atoms with Crippen molar-refractivity contribution in [2.75, 3.05) is 23.4 Å². The molecular formula is C16H22N4O4S3. The summed E-state index contributed by atoms with van der Waals surface area (Å²) < 4.78 is 29.4. The Balaban J connectivity index is 1.56. The van der Waals surface area contributed by atoms with Crippen LogP contribution in [-0.2, 0) is 21.2 Å². The number of aromatic nitrogens is 2. The largest absolute Gasteiger partial charge is 0.467 e. The molecule has 27 heavy (non-hydrogen) atoms. The van der Waals surface area contributed by atoms with E-state index in [0.29, 0.717) is 29.0 Å². The molecule has 148 valence electrons. The van der Waals surface area contributed by atoms with E-state index in [1.54, 1.807) is 11.2 Å². The molecule has 3 heterocycles. The van der Waals surface area contributed by atoms with Crippen molar-refractivity contribution < 1.29 is 17.6 Å². The molecule has 0 saturated carbocycles. The van der Waals surface area contributed by atoms with E-state index < -0.39 is 9.84 Å². The Morgan fingerprint density at radius 1 is 1.52 bits per heavy atom. The second-order valence-electron chi connectivity index (χ2n) is 6.25. The van der Waals surface area contributed by atoms with Gasteiger partial charge in [0.25, 0.3) is 0 Å². The van der Waals surface area contributed by atoms with Gasteiger partial charge in [0.05, 0.1) is 29.6 Å². The molecule has 0 radical (unpaired) electrons. The number of anilines is 1. The molecule has 2 aromatic rings. The molecule has 8 nitrogen and oxygen atoms in total. The van der Waals surface area contributed by atoms with Crippen LogP contribution < -0.4 is 5.32 Å². The van der Waals surface area contributed by atoms with Gasteiger partial charge in [-0.05, 0) is 32.4 Å². The summed E-state index contributed by atoms with van der Waals surface area (Å²) in [7, 11) is -3.03. The Labute approximate surface area is 166 Å². The Bertz CT molecular complexity index is 866. The van der Waals surface area contributed by atoms with Gasteiger partial charge < -0.3 is 14.6 Å². The lowest BCUT2D eigenvalue weighted by Gasteiger charge is -2.29. The van der Waals surface area contributed by atoms with Gasteiger partial charge in [0, 0.05) is 12.6 Å². The maximum absolute atomic E-state index is 12.8. The maximum atomic E-state index is 12.8. The van der Waals surface area contributed by atoms with Gasteiger partial charge in [-0.25, -0.2) is 8.42 Å². The maximum Gasteiger partial charge on any atom is 0.236 e. The lowest BCUT2D eigenvalue weighted by atomic mass is 10.2. The summed E-state index contributed by atoms with van der Waals surface area (Å²) in [5.41, 5.74) is 0. The number of carbonyl (C=O) groups is 1. The van der Waals surface area contributed by atoms with Crippen LogP contribution in [0.3, 0.4) is 0 Å². The van der Waals surface area contributed by atoms with Gasteiger partial charge in [0.1, 0.15) is 5.76 Å². The van der Waals surface area contributed by atoms with E-state index in [1.807, 2.05) is 26.0 Å². The van der Waals surface area contributed by atoms with Gasteiger partial charge in [-0.1, -0.05) is 23.1 Å². The Morgan fingerprint density at radius 2 is 2.33 bits per heavy atom. The molecule has 1 N–H and O–H groups in total. The van der Waals surface area contributed by atoms with Gasteiger partial charge in [-0.2, -0.15) is 0 Å². The molecule has 3 rings (SSSR count). The Kier molecular flexibility index (Phi) is 6.43. The number of thioether (sulfide) groups is 1. The molecule has 0 spiro atoms. The van der Waals surface area contributed by atoms with Gasteiger partial charge in [0.15, 0.2) is 14.2 Å². The van der Waals surface area contributed by atoms with Crippen LogP contribution in [0.2, 0.25) is 0 Å². The van der Waals surface area contributed by atoms with Crippen LogP contribution in [0.5, 0.6) is 0 Å². The summed E-state index contributed by atoms with van der Waals surface area (Å²) in [6.45, 7) is 4.70. The molecule has 0 aliphatic carbocycles. The average Bonchev–Trinajstić information content (AvgIpc) is 3.35. The quantitative estimate of drug-likeness (QED) is 0.636. The highest BCUT2D eigenvalue weighted by molar-refractivity contribution is 8.02. The van der Waals surface area contributed by atoms with E-state index in [4.69, 9.17) is 4.42 Å². The Hall–Kier alpha value is -1.59. The highest BCUT2D eigenvalue weighted by Crippen LogP contribution is 2.31. The van der Waals surface area contributed by atoms with Crippen LogP contribution in [0.25, 0.3) is 0 Å². The fraction of sp³-hybridized carbons (Fsp3) is 0.562. The fourth-order valence-electron chi connectivity index (χ4n) is 2.96. The van der Waals surface area contributed by atoms with E-state index in [-0.39, 0.29) is 28.7 Å².